The summed E-state index contributed by atoms with van der Waals surface area (Å²) < 4.78 is 0. The van der Waals surface area contributed by atoms with Crippen LogP contribution in [0.4, 0.5) is 23.0 Å². The zero-order valence-corrected chi connectivity index (χ0v) is 17.8. The first kappa shape index (κ1) is 20.5. The van der Waals surface area contributed by atoms with E-state index in [4.69, 9.17) is 0 Å². The molecule has 0 radical (unpaired) electrons. The third kappa shape index (κ3) is 4.88. The molecule has 2 aromatic carbocycles. The SMILES string of the molecule is Cc1ccc(N2CC(C(=O)Nc3cccc(Nc4nc(C)cc(C)n4)c3)CC2=O)cc1. The molecule has 4 rings (SSSR count). The molecule has 158 valence electrons. The van der Waals surface area contributed by atoms with Gasteiger partial charge in [0, 0.05) is 41.4 Å². The summed E-state index contributed by atoms with van der Waals surface area (Å²) in [5.41, 5.74) is 5.13. The van der Waals surface area contributed by atoms with Gasteiger partial charge in [0.05, 0.1) is 5.92 Å². The zero-order chi connectivity index (χ0) is 22.0. The van der Waals surface area contributed by atoms with E-state index >= 15 is 0 Å². The van der Waals surface area contributed by atoms with Gasteiger partial charge in [-0.25, -0.2) is 9.97 Å². The number of amides is 2. The molecule has 1 unspecified atom stereocenters. The number of aryl methyl sites for hydroxylation is 3. The van der Waals surface area contributed by atoms with E-state index in [1.807, 2.05) is 75.4 Å². The fraction of sp³-hybridized carbons (Fsp3) is 0.250. The van der Waals surface area contributed by atoms with Crippen molar-refractivity contribution in [2.45, 2.75) is 27.2 Å². The van der Waals surface area contributed by atoms with Gasteiger partial charge in [-0.2, -0.15) is 0 Å². The van der Waals surface area contributed by atoms with Gasteiger partial charge >= 0.3 is 0 Å². The van der Waals surface area contributed by atoms with E-state index in [-0.39, 0.29) is 18.2 Å². The van der Waals surface area contributed by atoms with Gasteiger partial charge < -0.3 is 15.5 Å². The second kappa shape index (κ2) is 8.55. The van der Waals surface area contributed by atoms with Crippen LogP contribution < -0.4 is 15.5 Å². The Morgan fingerprint density at radius 2 is 1.65 bits per heavy atom. The van der Waals surface area contributed by atoms with Crippen molar-refractivity contribution in [3.63, 3.8) is 0 Å². The van der Waals surface area contributed by atoms with Gasteiger partial charge in [0.25, 0.3) is 0 Å². The predicted octanol–water partition coefficient (Wildman–Crippen LogP) is 4.14. The minimum atomic E-state index is -0.395. The summed E-state index contributed by atoms with van der Waals surface area (Å²) in [6.45, 7) is 6.21. The molecule has 7 nitrogen and oxygen atoms in total. The lowest BCUT2D eigenvalue weighted by molar-refractivity contribution is -0.122. The number of carbonyl (C=O) groups is 2. The molecule has 0 spiro atoms. The number of hydrogen-bond donors (Lipinski definition) is 2. The molecule has 3 aromatic rings. The highest BCUT2D eigenvalue weighted by Crippen LogP contribution is 2.27. The molecule has 0 saturated carbocycles. The van der Waals surface area contributed by atoms with Gasteiger partial charge in [-0.1, -0.05) is 23.8 Å². The molecule has 1 saturated heterocycles. The molecule has 31 heavy (non-hydrogen) atoms. The molecule has 1 aliphatic rings. The highest BCUT2D eigenvalue weighted by atomic mass is 16.2. The highest BCUT2D eigenvalue weighted by Gasteiger charge is 2.35. The largest absolute Gasteiger partial charge is 0.326 e. The molecule has 1 aromatic heterocycles. The summed E-state index contributed by atoms with van der Waals surface area (Å²) in [6, 6.07) is 17.0. The maximum absolute atomic E-state index is 12.8. The molecule has 7 heteroatoms. The van der Waals surface area contributed by atoms with E-state index in [0.29, 0.717) is 18.2 Å². The molecule has 1 aliphatic heterocycles. The maximum Gasteiger partial charge on any atom is 0.229 e. The van der Waals surface area contributed by atoms with Crippen molar-refractivity contribution < 1.29 is 9.59 Å². The van der Waals surface area contributed by atoms with Crippen LogP contribution >= 0.6 is 0 Å². The smallest absolute Gasteiger partial charge is 0.229 e. The van der Waals surface area contributed by atoms with Crippen LogP contribution in [0, 0.1) is 26.7 Å². The van der Waals surface area contributed by atoms with Crippen molar-refractivity contribution in [2.75, 3.05) is 22.1 Å². The number of nitrogens with one attached hydrogen (secondary N) is 2. The number of hydrogen-bond acceptors (Lipinski definition) is 5. The Balaban J connectivity index is 1.42. The third-order valence-electron chi connectivity index (χ3n) is 5.21. The summed E-state index contributed by atoms with van der Waals surface area (Å²) >= 11 is 0. The monoisotopic (exact) mass is 415 g/mol. The lowest BCUT2D eigenvalue weighted by atomic mass is 10.1. The minimum Gasteiger partial charge on any atom is -0.326 e. The summed E-state index contributed by atoms with van der Waals surface area (Å²) in [5.74, 6) is -0.0848. The van der Waals surface area contributed by atoms with Crippen LogP contribution in [0.3, 0.4) is 0 Å². The van der Waals surface area contributed by atoms with E-state index in [0.717, 1.165) is 28.3 Å². The lowest BCUT2D eigenvalue weighted by Crippen LogP contribution is -2.28. The van der Waals surface area contributed by atoms with Crippen molar-refractivity contribution >= 4 is 34.8 Å². The third-order valence-corrected chi connectivity index (χ3v) is 5.21. The molecule has 0 bridgehead atoms. The van der Waals surface area contributed by atoms with E-state index in [1.54, 1.807) is 4.90 Å². The summed E-state index contributed by atoms with van der Waals surface area (Å²) in [6.07, 6.45) is 0.202. The van der Waals surface area contributed by atoms with Crippen molar-refractivity contribution in [3.8, 4) is 0 Å². The van der Waals surface area contributed by atoms with Crippen LogP contribution in [0.15, 0.2) is 54.6 Å². The van der Waals surface area contributed by atoms with Gasteiger partial charge in [-0.15, -0.1) is 0 Å². The molecule has 2 amide bonds. The summed E-state index contributed by atoms with van der Waals surface area (Å²) in [5, 5.41) is 6.11. The van der Waals surface area contributed by atoms with Crippen molar-refractivity contribution in [2.24, 2.45) is 5.92 Å². The second-order valence-electron chi connectivity index (χ2n) is 7.91. The standard InChI is InChI=1S/C24H25N5O2/c1-15-7-9-21(10-8-15)29-14-18(12-22(29)30)23(31)27-19-5-4-6-20(13-19)28-24-25-16(2)11-17(3)26-24/h4-11,13,18H,12,14H2,1-3H3,(H,27,31)(H,25,26,28). The van der Waals surface area contributed by atoms with Crippen LogP contribution in [0.1, 0.15) is 23.4 Å². The molecular formula is C24H25N5O2. The number of carbonyl (C=O) groups excluding carboxylic acids is 2. The molecule has 1 atom stereocenters. The lowest BCUT2D eigenvalue weighted by Gasteiger charge is -2.17. The Kier molecular flexibility index (Phi) is 5.66. The molecular weight excluding hydrogens is 390 g/mol. The van der Waals surface area contributed by atoms with Gasteiger partial charge in [-0.05, 0) is 57.2 Å². The van der Waals surface area contributed by atoms with Crippen LogP contribution in [0.25, 0.3) is 0 Å². The number of nitrogens with zero attached hydrogens (tertiary/aromatic N) is 3. The van der Waals surface area contributed by atoms with E-state index < -0.39 is 5.92 Å². The first-order chi connectivity index (χ1) is 14.9. The van der Waals surface area contributed by atoms with Gasteiger partial charge in [0.1, 0.15) is 0 Å². The van der Waals surface area contributed by atoms with E-state index in [9.17, 15) is 9.59 Å². The average Bonchev–Trinajstić information content (AvgIpc) is 3.10. The van der Waals surface area contributed by atoms with Crippen LogP contribution in [0.2, 0.25) is 0 Å². The molecule has 2 N–H and O–H groups in total. The van der Waals surface area contributed by atoms with Crippen molar-refractivity contribution in [1.29, 1.82) is 0 Å². The van der Waals surface area contributed by atoms with E-state index in [1.165, 1.54) is 0 Å². The predicted molar refractivity (Wildman–Crippen MR) is 121 cm³/mol. The van der Waals surface area contributed by atoms with Gasteiger partial charge in [-0.3, -0.25) is 9.59 Å². The van der Waals surface area contributed by atoms with E-state index in [2.05, 4.69) is 20.6 Å². The Morgan fingerprint density at radius 1 is 0.968 bits per heavy atom. The Morgan fingerprint density at radius 3 is 2.35 bits per heavy atom. The average molecular weight is 415 g/mol. The normalized spacial score (nSPS) is 15.8. The van der Waals surface area contributed by atoms with Crippen molar-refractivity contribution in [1.82, 2.24) is 9.97 Å². The number of rotatable bonds is 5. The fourth-order valence-electron chi connectivity index (χ4n) is 3.69. The Labute approximate surface area is 181 Å². The topological polar surface area (TPSA) is 87.2 Å². The second-order valence-corrected chi connectivity index (χ2v) is 7.91. The maximum atomic E-state index is 12.8. The molecule has 1 fully saturated rings. The Bertz CT molecular complexity index is 1110. The zero-order valence-electron chi connectivity index (χ0n) is 17.8. The van der Waals surface area contributed by atoms with Gasteiger partial charge in [0.15, 0.2) is 0 Å². The summed E-state index contributed by atoms with van der Waals surface area (Å²) in [7, 11) is 0. The Hall–Kier alpha value is -3.74. The fourth-order valence-corrected chi connectivity index (χ4v) is 3.69. The van der Waals surface area contributed by atoms with Crippen molar-refractivity contribution in [3.05, 3.63) is 71.5 Å². The summed E-state index contributed by atoms with van der Waals surface area (Å²) in [4.78, 5) is 35.7. The van der Waals surface area contributed by atoms with Crippen LogP contribution in [-0.2, 0) is 9.59 Å². The number of anilines is 4. The number of aromatic nitrogens is 2. The van der Waals surface area contributed by atoms with Gasteiger partial charge in [0.2, 0.25) is 17.8 Å². The number of benzene rings is 2. The quantitative estimate of drug-likeness (QED) is 0.654. The van der Waals surface area contributed by atoms with Crippen LogP contribution in [-0.4, -0.2) is 28.3 Å². The first-order valence-corrected chi connectivity index (χ1v) is 10.2. The highest BCUT2D eigenvalue weighted by molar-refractivity contribution is 6.03. The molecule has 2 heterocycles. The minimum absolute atomic E-state index is 0.0358. The molecule has 0 aliphatic carbocycles. The van der Waals surface area contributed by atoms with Crippen LogP contribution in [0.5, 0.6) is 0 Å². The first-order valence-electron chi connectivity index (χ1n) is 10.2.